The first-order valence-corrected chi connectivity index (χ1v) is 11.0. The topological polar surface area (TPSA) is 50.3 Å². The van der Waals surface area contributed by atoms with Crippen LogP contribution >= 0.6 is 23.2 Å². The number of para-hydroxylation sites is 1. The van der Waals surface area contributed by atoms with Crippen molar-refractivity contribution in [1.82, 2.24) is 4.98 Å². The van der Waals surface area contributed by atoms with Crippen LogP contribution in [0.15, 0.2) is 60.7 Å². The molecular formula is C25H20Cl2N2O2. The van der Waals surface area contributed by atoms with Gasteiger partial charge < -0.3 is 0 Å². The average Bonchev–Trinajstić information content (AvgIpc) is 3.03. The highest BCUT2D eigenvalue weighted by Crippen LogP contribution is 2.50. The Balaban J connectivity index is 1.67. The smallest absolute Gasteiger partial charge is 0.238 e. The molecule has 1 fully saturated rings. The van der Waals surface area contributed by atoms with E-state index in [1.165, 1.54) is 4.90 Å². The summed E-state index contributed by atoms with van der Waals surface area (Å²) in [5, 5.41) is 0.664. The summed E-state index contributed by atoms with van der Waals surface area (Å²) in [6, 6.07) is 19.1. The summed E-state index contributed by atoms with van der Waals surface area (Å²) >= 11 is 12.9. The molecule has 0 saturated carbocycles. The highest BCUT2D eigenvalue weighted by molar-refractivity contribution is 6.33. The molecule has 0 radical (unpaired) electrons. The fourth-order valence-electron chi connectivity index (χ4n) is 5.13. The van der Waals surface area contributed by atoms with Crippen LogP contribution in [-0.2, 0) is 22.4 Å². The molecule has 1 saturated heterocycles. The Morgan fingerprint density at radius 2 is 1.58 bits per heavy atom. The van der Waals surface area contributed by atoms with Crippen LogP contribution in [0.4, 0.5) is 5.69 Å². The van der Waals surface area contributed by atoms with Gasteiger partial charge in [0, 0.05) is 5.92 Å². The van der Waals surface area contributed by atoms with E-state index in [1.54, 1.807) is 12.1 Å². The van der Waals surface area contributed by atoms with Crippen LogP contribution in [0.2, 0.25) is 10.3 Å². The highest BCUT2D eigenvalue weighted by Gasteiger charge is 2.55. The van der Waals surface area contributed by atoms with Crippen LogP contribution in [0.1, 0.15) is 28.2 Å². The van der Waals surface area contributed by atoms with Crippen molar-refractivity contribution in [3.63, 3.8) is 0 Å². The number of imide groups is 1. The van der Waals surface area contributed by atoms with Gasteiger partial charge in [0.1, 0.15) is 10.3 Å². The minimum absolute atomic E-state index is 0.156. The quantitative estimate of drug-likeness (QED) is 0.397. The molecule has 2 amide bonds. The first-order valence-electron chi connectivity index (χ1n) is 10.3. The number of aromatic nitrogens is 1. The molecule has 0 N–H and O–H groups in total. The lowest BCUT2D eigenvalue weighted by atomic mass is 9.67. The minimum atomic E-state index is -0.464. The van der Waals surface area contributed by atoms with Crippen molar-refractivity contribution in [3.8, 4) is 0 Å². The molecule has 2 heterocycles. The molecule has 2 aliphatic rings. The molecule has 31 heavy (non-hydrogen) atoms. The van der Waals surface area contributed by atoms with Crippen LogP contribution in [0.5, 0.6) is 0 Å². The van der Waals surface area contributed by atoms with Gasteiger partial charge in [-0.25, -0.2) is 4.98 Å². The largest absolute Gasteiger partial charge is 0.274 e. The molecule has 3 aromatic rings. The van der Waals surface area contributed by atoms with E-state index in [2.05, 4.69) is 4.98 Å². The van der Waals surface area contributed by atoms with Crippen molar-refractivity contribution in [2.24, 2.45) is 11.8 Å². The zero-order valence-electron chi connectivity index (χ0n) is 16.9. The van der Waals surface area contributed by atoms with Gasteiger partial charge in [0.05, 0.1) is 17.5 Å². The normalized spacial score (nSPS) is 22.4. The van der Waals surface area contributed by atoms with Crippen LogP contribution in [0.3, 0.4) is 0 Å². The Kier molecular flexibility index (Phi) is 5.07. The zero-order chi connectivity index (χ0) is 21.7. The molecular weight excluding hydrogens is 431 g/mol. The monoisotopic (exact) mass is 450 g/mol. The third kappa shape index (κ3) is 3.26. The standard InChI is InChI=1S/C25H20Cl2N2O2/c1-14-20-17(12-15-8-4-2-5-9-15)21-19(13-18(20)23(27)28-22(14)26)24(30)29(25(21)31)16-10-6-3-7-11-16/h2-11,17,19,21H,12-13H2,1H3/t17-,19+,21-/m0/s1. The molecule has 1 aromatic heterocycles. The van der Waals surface area contributed by atoms with Crippen molar-refractivity contribution in [2.45, 2.75) is 25.7 Å². The van der Waals surface area contributed by atoms with Crippen LogP contribution in [0.25, 0.3) is 0 Å². The number of amides is 2. The second-order valence-electron chi connectivity index (χ2n) is 8.19. The number of nitrogens with zero attached hydrogens (tertiary/aromatic N) is 2. The molecule has 3 atom stereocenters. The summed E-state index contributed by atoms with van der Waals surface area (Å²) in [6.07, 6.45) is 1.01. The molecule has 2 aromatic carbocycles. The van der Waals surface area contributed by atoms with Gasteiger partial charge in [0.25, 0.3) is 0 Å². The highest BCUT2D eigenvalue weighted by atomic mass is 35.5. The van der Waals surface area contributed by atoms with E-state index < -0.39 is 11.8 Å². The number of fused-ring (bicyclic) bond motifs is 2. The summed E-state index contributed by atoms with van der Waals surface area (Å²) in [4.78, 5) is 32.7. The molecule has 0 unspecified atom stereocenters. The molecule has 5 rings (SSSR count). The predicted molar refractivity (Wildman–Crippen MR) is 122 cm³/mol. The summed E-state index contributed by atoms with van der Waals surface area (Å²) < 4.78 is 0. The van der Waals surface area contributed by atoms with Gasteiger partial charge in [0.2, 0.25) is 11.8 Å². The van der Waals surface area contributed by atoms with E-state index in [0.717, 1.165) is 22.3 Å². The molecule has 6 heteroatoms. The Labute approximate surface area is 190 Å². The van der Waals surface area contributed by atoms with E-state index in [9.17, 15) is 9.59 Å². The first-order chi connectivity index (χ1) is 15.0. The summed E-state index contributed by atoms with van der Waals surface area (Å²) in [7, 11) is 0. The van der Waals surface area contributed by atoms with Gasteiger partial charge in [-0.05, 0) is 54.2 Å². The van der Waals surface area contributed by atoms with Gasteiger partial charge in [-0.3, -0.25) is 14.5 Å². The van der Waals surface area contributed by atoms with E-state index >= 15 is 0 Å². The van der Waals surface area contributed by atoms with Crippen LogP contribution in [0, 0.1) is 18.8 Å². The molecule has 1 aliphatic carbocycles. The van der Waals surface area contributed by atoms with E-state index in [-0.39, 0.29) is 17.7 Å². The Bertz CT molecular complexity index is 1180. The number of rotatable bonds is 3. The lowest BCUT2D eigenvalue weighted by Crippen LogP contribution is -2.34. The lowest BCUT2D eigenvalue weighted by molar-refractivity contribution is -0.122. The van der Waals surface area contributed by atoms with Gasteiger partial charge >= 0.3 is 0 Å². The summed E-state index contributed by atoms with van der Waals surface area (Å²) in [5.74, 6) is -1.47. The summed E-state index contributed by atoms with van der Waals surface area (Å²) in [5.41, 5.74) is 4.33. The average molecular weight is 451 g/mol. The maximum absolute atomic E-state index is 13.7. The number of carbonyl (C=O) groups is 2. The number of hydrogen-bond acceptors (Lipinski definition) is 3. The van der Waals surface area contributed by atoms with E-state index in [0.29, 0.717) is 28.8 Å². The minimum Gasteiger partial charge on any atom is -0.274 e. The summed E-state index contributed by atoms with van der Waals surface area (Å²) in [6.45, 7) is 1.92. The number of pyridine rings is 1. The fraction of sp³-hybridized carbons (Fsp3) is 0.240. The molecule has 0 spiro atoms. The maximum Gasteiger partial charge on any atom is 0.238 e. The second kappa shape index (κ2) is 7.77. The first kappa shape index (κ1) is 20.2. The fourth-order valence-corrected chi connectivity index (χ4v) is 5.62. The van der Waals surface area contributed by atoms with Crippen molar-refractivity contribution in [3.05, 3.63) is 93.2 Å². The van der Waals surface area contributed by atoms with Crippen molar-refractivity contribution < 1.29 is 9.59 Å². The van der Waals surface area contributed by atoms with Crippen molar-refractivity contribution >= 4 is 40.7 Å². The molecule has 156 valence electrons. The maximum atomic E-state index is 13.7. The third-order valence-corrected chi connectivity index (χ3v) is 7.18. The van der Waals surface area contributed by atoms with Gasteiger partial charge in [-0.1, -0.05) is 71.7 Å². The number of anilines is 1. The SMILES string of the molecule is Cc1c(Cl)nc(Cl)c2c1[C@H](Cc1ccccc1)[C@@H]1C(=O)N(c3ccccc3)C(=O)[C@@H]1C2. The van der Waals surface area contributed by atoms with Crippen LogP contribution < -0.4 is 4.90 Å². The Morgan fingerprint density at radius 1 is 0.935 bits per heavy atom. The lowest BCUT2D eigenvalue weighted by Gasteiger charge is -2.35. The Hall–Kier alpha value is -2.69. The van der Waals surface area contributed by atoms with E-state index in [4.69, 9.17) is 23.2 Å². The van der Waals surface area contributed by atoms with Crippen molar-refractivity contribution in [2.75, 3.05) is 4.90 Å². The predicted octanol–water partition coefficient (Wildman–Crippen LogP) is 5.39. The molecule has 0 bridgehead atoms. The number of hydrogen-bond donors (Lipinski definition) is 0. The molecule has 1 aliphatic heterocycles. The van der Waals surface area contributed by atoms with Gasteiger partial charge in [0.15, 0.2) is 0 Å². The second-order valence-corrected chi connectivity index (χ2v) is 8.91. The number of benzene rings is 2. The number of carbonyl (C=O) groups excluding carboxylic acids is 2. The third-order valence-electron chi connectivity index (χ3n) is 6.50. The van der Waals surface area contributed by atoms with Gasteiger partial charge in [-0.2, -0.15) is 0 Å². The Morgan fingerprint density at radius 3 is 2.26 bits per heavy atom. The van der Waals surface area contributed by atoms with Crippen molar-refractivity contribution in [1.29, 1.82) is 0 Å². The zero-order valence-corrected chi connectivity index (χ0v) is 18.4. The van der Waals surface area contributed by atoms with Crippen LogP contribution in [-0.4, -0.2) is 16.8 Å². The molecule has 4 nitrogen and oxygen atoms in total. The van der Waals surface area contributed by atoms with E-state index in [1.807, 2.05) is 55.5 Å². The number of halogens is 2. The van der Waals surface area contributed by atoms with Gasteiger partial charge in [-0.15, -0.1) is 0 Å².